The van der Waals surface area contributed by atoms with Gasteiger partial charge in [-0.25, -0.2) is 0 Å². The van der Waals surface area contributed by atoms with E-state index in [0.29, 0.717) is 65.1 Å². The van der Waals surface area contributed by atoms with Crippen LogP contribution in [0.1, 0.15) is 215 Å². The van der Waals surface area contributed by atoms with Gasteiger partial charge in [0.25, 0.3) is 0 Å². The third-order valence-corrected chi connectivity index (χ3v) is 18.6. The lowest BCUT2D eigenvalue weighted by Gasteiger charge is -2.29. The summed E-state index contributed by atoms with van der Waals surface area (Å²) in [5.41, 5.74) is 21.5. The van der Waals surface area contributed by atoms with Gasteiger partial charge >= 0.3 is 0 Å². The van der Waals surface area contributed by atoms with Gasteiger partial charge in [-0.1, -0.05) is 316 Å². The standard InChI is InChI=1S/C90H100O5/c1-86(2,3)76-46-66-41-68-48-77(87(4,5)6)50-70(82(68)92-57-62-33-23-17-24-34-62)43-72-52-79(89(10,11)12)54-74(84(72)94-59-64-37-27-19-28-38-64)45-75-55-80(90(13,14)15)53-73(85(75)95-60-65-39-29-20-30-40-65)44-71-51-78(88(7,8)9)49-69(83(71)93-58-63-35-25-18-26-36-63)42-67(47-76)81(66)91-56-61-31-21-16-22-32-61/h16-40,46-55H,41-45,56-60H2,1-15H3. The van der Waals surface area contributed by atoms with Crippen LogP contribution in [0.15, 0.2) is 212 Å². The molecule has 5 heteroatoms. The molecule has 0 atom stereocenters. The Balaban J connectivity index is 1.28. The highest BCUT2D eigenvalue weighted by molar-refractivity contribution is 5.61. The molecule has 95 heavy (non-hydrogen) atoms. The van der Waals surface area contributed by atoms with Gasteiger partial charge in [0.2, 0.25) is 0 Å². The molecule has 1 aliphatic rings. The molecule has 5 nitrogen and oxygen atoms in total. The third-order valence-electron chi connectivity index (χ3n) is 18.6. The van der Waals surface area contributed by atoms with E-state index in [1.165, 1.54) is 27.8 Å². The normalized spacial score (nSPS) is 13.0. The minimum absolute atomic E-state index is 0.233. The van der Waals surface area contributed by atoms with E-state index in [1.807, 2.05) is 0 Å². The Hall–Kier alpha value is -8.80. The number of ether oxygens (including phenoxy) is 5. The van der Waals surface area contributed by atoms with Gasteiger partial charge in [-0.05, 0) is 138 Å². The summed E-state index contributed by atoms with van der Waals surface area (Å²) in [6.07, 6.45) is 2.75. The lowest BCUT2D eigenvalue weighted by atomic mass is 9.79. The highest BCUT2D eigenvalue weighted by Crippen LogP contribution is 2.46. The molecule has 0 radical (unpaired) electrons. The van der Waals surface area contributed by atoms with E-state index >= 15 is 0 Å². The molecule has 0 aromatic heterocycles. The molecule has 0 saturated carbocycles. The SMILES string of the molecule is CC(C)(C)c1cc2c(OCc3ccccc3)c(c1)Cc1cc(C(C)(C)C)cc(c1OCc1ccccc1)Cc1cc(C(C)(C)C)cc(c1OCc1ccccc1)Cc1cc(C(C)(C)C)cc(c1OCc1ccccc1)Cc1cc(C(C)(C)C)cc(c1OCc1ccccc1)C2. The van der Waals surface area contributed by atoms with E-state index in [9.17, 15) is 0 Å². The van der Waals surface area contributed by atoms with Crippen LogP contribution < -0.4 is 23.7 Å². The minimum atomic E-state index is -0.233. The van der Waals surface area contributed by atoms with Crippen molar-refractivity contribution in [3.05, 3.63) is 324 Å². The fourth-order valence-electron chi connectivity index (χ4n) is 12.9. The van der Waals surface area contributed by atoms with Gasteiger partial charge < -0.3 is 23.7 Å². The summed E-state index contributed by atoms with van der Waals surface area (Å²) in [5.74, 6) is 4.39. The number of benzene rings is 10. The van der Waals surface area contributed by atoms with E-state index < -0.39 is 0 Å². The van der Waals surface area contributed by atoms with Gasteiger partial charge in [0.15, 0.2) is 0 Å². The van der Waals surface area contributed by atoms with Crippen LogP contribution in [0.25, 0.3) is 0 Å². The van der Waals surface area contributed by atoms with E-state index in [2.05, 4.69) is 316 Å². The van der Waals surface area contributed by atoms with Gasteiger partial charge in [0.05, 0.1) is 0 Å². The van der Waals surface area contributed by atoms with Crippen molar-refractivity contribution in [2.45, 2.75) is 196 Å². The van der Waals surface area contributed by atoms with Crippen molar-refractivity contribution in [2.24, 2.45) is 0 Å². The Labute approximate surface area is 568 Å². The molecule has 0 unspecified atom stereocenters. The van der Waals surface area contributed by atoms with Gasteiger partial charge in [-0.3, -0.25) is 0 Å². The molecule has 10 aromatic carbocycles. The quantitative estimate of drug-likeness (QED) is 0.102. The van der Waals surface area contributed by atoms with Gasteiger partial charge in [0.1, 0.15) is 61.8 Å². The van der Waals surface area contributed by atoms with E-state index in [-0.39, 0.29) is 27.1 Å². The number of rotatable bonds is 15. The maximum Gasteiger partial charge on any atom is 0.126 e. The van der Waals surface area contributed by atoms with Crippen molar-refractivity contribution in [2.75, 3.05) is 0 Å². The first-order valence-corrected chi connectivity index (χ1v) is 34.3. The Bertz CT molecular complexity index is 3480. The second kappa shape index (κ2) is 28.3. The van der Waals surface area contributed by atoms with E-state index in [0.717, 1.165) is 112 Å². The van der Waals surface area contributed by atoms with Gasteiger partial charge in [-0.2, -0.15) is 0 Å². The zero-order chi connectivity index (χ0) is 67.3. The average molecular weight is 1260 g/mol. The van der Waals surface area contributed by atoms with Crippen LogP contribution in [0.3, 0.4) is 0 Å². The summed E-state index contributed by atoms with van der Waals surface area (Å²) in [4.78, 5) is 0. The Kier molecular flexibility index (Phi) is 20.1. The number of hydrogen-bond acceptors (Lipinski definition) is 5. The maximum atomic E-state index is 7.50. The Morgan fingerprint density at radius 1 is 0.200 bits per heavy atom. The van der Waals surface area contributed by atoms with Crippen LogP contribution in [0.2, 0.25) is 0 Å². The fraction of sp³-hybridized carbons (Fsp3) is 0.333. The summed E-state index contributed by atoms with van der Waals surface area (Å²) in [6.45, 7) is 36.9. The number of fused-ring (bicyclic) bond motifs is 10. The van der Waals surface area contributed by atoms with Crippen molar-refractivity contribution in [1.82, 2.24) is 0 Å². The zero-order valence-corrected chi connectivity index (χ0v) is 59.3. The van der Waals surface area contributed by atoms with Crippen LogP contribution in [-0.4, -0.2) is 0 Å². The molecular weight excluding hydrogens is 1160 g/mol. The summed E-state index contributed by atoms with van der Waals surface area (Å²) in [6, 6.07) is 77.3. The summed E-state index contributed by atoms with van der Waals surface area (Å²) in [7, 11) is 0. The molecule has 11 rings (SSSR count). The third kappa shape index (κ3) is 17.0. The van der Waals surface area contributed by atoms with E-state index in [4.69, 9.17) is 23.7 Å². The lowest BCUT2D eigenvalue weighted by Crippen LogP contribution is -2.17. The highest BCUT2D eigenvalue weighted by Gasteiger charge is 2.31. The first-order valence-electron chi connectivity index (χ1n) is 34.3. The maximum absolute atomic E-state index is 7.50. The topological polar surface area (TPSA) is 46.2 Å². The molecule has 0 N–H and O–H groups in total. The molecular formula is C90H100O5. The molecule has 1 aliphatic carbocycles. The summed E-state index contributed by atoms with van der Waals surface area (Å²) in [5, 5.41) is 0. The average Bonchev–Trinajstić information content (AvgIpc) is 0.775. The van der Waals surface area contributed by atoms with Gasteiger partial charge in [0, 0.05) is 32.1 Å². The smallest absolute Gasteiger partial charge is 0.126 e. The highest BCUT2D eigenvalue weighted by atomic mass is 16.5. The van der Waals surface area contributed by atoms with Crippen molar-refractivity contribution in [1.29, 1.82) is 0 Å². The monoisotopic (exact) mass is 1260 g/mol. The van der Waals surface area contributed by atoms with Crippen LogP contribution >= 0.6 is 0 Å². The molecule has 0 spiro atoms. The van der Waals surface area contributed by atoms with Crippen LogP contribution in [0.5, 0.6) is 28.7 Å². The van der Waals surface area contributed by atoms with E-state index in [1.54, 1.807) is 0 Å². The number of hydrogen-bond donors (Lipinski definition) is 0. The van der Waals surface area contributed by atoms with Crippen molar-refractivity contribution in [3.63, 3.8) is 0 Å². The molecule has 0 aliphatic heterocycles. The largest absolute Gasteiger partial charge is 0.488 e. The van der Waals surface area contributed by atoms with Crippen LogP contribution in [0, 0.1) is 0 Å². The molecule has 0 saturated heterocycles. The molecule has 0 amide bonds. The predicted octanol–water partition coefficient (Wildman–Crippen LogP) is 22.3. The first-order chi connectivity index (χ1) is 45.2. The molecule has 490 valence electrons. The Morgan fingerprint density at radius 2 is 0.326 bits per heavy atom. The van der Waals surface area contributed by atoms with Crippen molar-refractivity contribution in [3.8, 4) is 28.7 Å². The van der Waals surface area contributed by atoms with Crippen LogP contribution in [0.4, 0.5) is 0 Å². The second-order valence-electron chi connectivity index (χ2n) is 31.6. The Morgan fingerprint density at radius 3 is 0.442 bits per heavy atom. The molecule has 10 aromatic rings. The van der Waals surface area contributed by atoms with Crippen molar-refractivity contribution >= 4 is 0 Å². The predicted molar refractivity (Wildman–Crippen MR) is 394 cm³/mol. The molecule has 0 fully saturated rings. The zero-order valence-electron chi connectivity index (χ0n) is 59.3. The van der Waals surface area contributed by atoms with Gasteiger partial charge in [-0.15, -0.1) is 0 Å². The minimum Gasteiger partial charge on any atom is -0.488 e. The first kappa shape index (κ1) is 67.6. The second-order valence-corrected chi connectivity index (χ2v) is 31.6. The van der Waals surface area contributed by atoms with Crippen LogP contribution in [-0.2, 0) is 92.2 Å². The molecule has 0 heterocycles. The molecule has 10 bridgehead atoms. The fourth-order valence-corrected chi connectivity index (χ4v) is 12.9. The lowest BCUT2D eigenvalue weighted by molar-refractivity contribution is 0.293. The summed E-state index contributed by atoms with van der Waals surface area (Å²) < 4.78 is 37.5. The summed E-state index contributed by atoms with van der Waals surface area (Å²) >= 11 is 0. The van der Waals surface area contributed by atoms with Crippen molar-refractivity contribution < 1.29 is 23.7 Å².